The molecular formula is C25H21N3O3S. The van der Waals surface area contributed by atoms with Crippen LogP contribution in [0.3, 0.4) is 0 Å². The third-order valence-corrected chi connectivity index (χ3v) is 5.61. The van der Waals surface area contributed by atoms with Crippen molar-refractivity contribution in [2.45, 2.75) is 13.5 Å². The number of phenolic OH excluding ortho intramolecular Hbond substituents is 1. The van der Waals surface area contributed by atoms with Gasteiger partial charge in [-0.15, -0.1) is 5.10 Å². The van der Waals surface area contributed by atoms with Crippen LogP contribution in [0.25, 0.3) is 6.08 Å². The Morgan fingerprint density at radius 1 is 1.09 bits per heavy atom. The van der Waals surface area contributed by atoms with Crippen molar-refractivity contribution < 1.29 is 14.3 Å². The quantitative estimate of drug-likeness (QED) is 0.313. The average Bonchev–Trinajstić information content (AvgIpc) is 3.40. The Morgan fingerprint density at radius 3 is 2.62 bits per heavy atom. The van der Waals surface area contributed by atoms with Crippen LogP contribution in [-0.4, -0.2) is 27.3 Å². The number of carbonyl (C=O) groups is 1. The number of amidine groups is 1. The van der Waals surface area contributed by atoms with E-state index in [0.717, 1.165) is 11.1 Å². The van der Waals surface area contributed by atoms with Gasteiger partial charge in [0, 0.05) is 5.56 Å². The molecule has 3 aromatic rings. The standard InChI is InChI=1S/C25H21N3O3S/c1-18(14-19-8-3-2-4-9-19)15-23-24(30)28(17-21-11-7-13-31-21)25(32-23)27-26-16-20-10-5-6-12-22(20)29/h2-16,29H,17H2,1H3/b18-14+,23-15-,26-16+,27-25-. The van der Waals surface area contributed by atoms with Gasteiger partial charge in [0.1, 0.15) is 11.5 Å². The highest BCUT2D eigenvalue weighted by Gasteiger charge is 2.34. The summed E-state index contributed by atoms with van der Waals surface area (Å²) < 4.78 is 5.42. The van der Waals surface area contributed by atoms with Crippen molar-refractivity contribution in [2.24, 2.45) is 10.2 Å². The first-order valence-corrected chi connectivity index (χ1v) is 10.8. The zero-order chi connectivity index (χ0) is 22.3. The predicted octanol–water partition coefficient (Wildman–Crippen LogP) is 5.44. The molecule has 32 heavy (non-hydrogen) atoms. The summed E-state index contributed by atoms with van der Waals surface area (Å²) in [7, 11) is 0. The van der Waals surface area contributed by atoms with E-state index in [1.807, 2.05) is 55.5 Å². The Morgan fingerprint density at radius 2 is 1.88 bits per heavy atom. The molecular weight excluding hydrogens is 422 g/mol. The van der Waals surface area contributed by atoms with Crippen LogP contribution in [0.15, 0.2) is 104 Å². The van der Waals surface area contributed by atoms with E-state index in [-0.39, 0.29) is 18.2 Å². The molecule has 7 heteroatoms. The van der Waals surface area contributed by atoms with Crippen LogP contribution in [0.4, 0.5) is 0 Å². The van der Waals surface area contributed by atoms with Crippen LogP contribution in [0.2, 0.25) is 0 Å². The van der Waals surface area contributed by atoms with E-state index in [1.54, 1.807) is 36.6 Å². The lowest BCUT2D eigenvalue weighted by molar-refractivity contribution is -0.122. The second-order valence-corrected chi connectivity index (χ2v) is 8.08. The van der Waals surface area contributed by atoms with Gasteiger partial charge in [0.05, 0.1) is 23.9 Å². The first kappa shape index (κ1) is 21.4. The van der Waals surface area contributed by atoms with Crippen LogP contribution in [0.5, 0.6) is 5.75 Å². The van der Waals surface area contributed by atoms with Crippen molar-refractivity contribution in [1.82, 2.24) is 4.90 Å². The van der Waals surface area contributed by atoms with Crippen molar-refractivity contribution in [3.05, 3.63) is 106 Å². The van der Waals surface area contributed by atoms with E-state index in [1.165, 1.54) is 22.9 Å². The van der Waals surface area contributed by atoms with Crippen LogP contribution >= 0.6 is 11.8 Å². The SMILES string of the molecule is CC(/C=C1\S/C(=N\N=C\c2ccccc2O)N(Cc2ccco2)C1=O)=C\c1ccccc1. The fraction of sp³-hybridized carbons (Fsp3) is 0.0800. The zero-order valence-electron chi connectivity index (χ0n) is 17.4. The van der Waals surface area contributed by atoms with Gasteiger partial charge in [0.15, 0.2) is 5.17 Å². The molecule has 0 unspecified atom stereocenters. The van der Waals surface area contributed by atoms with Gasteiger partial charge in [-0.05, 0) is 60.2 Å². The monoisotopic (exact) mass is 443 g/mol. The number of hydrogen-bond donors (Lipinski definition) is 1. The highest BCUT2D eigenvalue weighted by Crippen LogP contribution is 2.33. The first-order chi connectivity index (χ1) is 15.6. The summed E-state index contributed by atoms with van der Waals surface area (Å²) in [6.07, 6.45) is 6.90. The summed E-state index contributed by atoms with van der Waals surface area (Å²) >= 11 is 1.26. The molecule has 1 N–H and O–H groups in total. The second-order valence-electron chi connectivity index (χ2n) is 7.07. The van der Waals surface area contributed by atoms with Crippen LogP contribution in [-0.2, 0) is 11.3 Å². The Kier molecular flexibility index (Phi) is 6.67. The number of hydrogen-bond acceptors (Lipinski definition) is 6. The molecule has 1 aliphatic rings. The van der Waals surface area contributed by atoms with Gasteiger partial charge in [-0.1, -0.05) is 48.5 Å². The number of nitrogens with zero attached hydrogens (tertiary/aromatic N) is 3. The van der Waals surface area contributed by atoms with E-state index >= 15 is 0 Å². The van der Waals surface area contributed by atoms with E-state index in [2.05, 4.69) is 10.2 Å². The summed E-state index contributed by atoms with van der Waals surface area (Å²) in [4.78, 5) is 15.2. The highest BCUT2D eigenvalue weighted by molar-refractivity contribution is 8.18. The largest absolute Gasteiger partial charge is 0.507 e. The van der Waals surface area contributed by atoms with E-state index in [4.69, 9.17) is 4.42 Å². The summed E-state index contributed by atoms with van der Waals surface area (Å²) in [6, 6.07) is 20.4. The van der Waals surface area contributed by atoms with Gasteiger partial charge in [0.25, 0.3) is 5.91 Å². The minimum absolute atomic E-state index is 0.112. The zero-order valence-corrected chi connectivity index (χ0v) is 18.2. The molecule has 0 bridgehead atoms. The fourth-order valence-electron chi connectivity index (χ4n) is 3.08. The molecule has 1 saturated heterocycles. The van der Waals surface area contributed by atoms with Gasteiger partial charge >= 0.3 is 0 Å². The molecule has 0 saturated carbocycles. The number of thioether (sulfide) groups is 1. The Hall–Kier alpha value is -3.84. The number of aromatic hydroxyl groups is 1. The number of benzene rings is 2. The Bertz CT molecular complexity index is 1210. The Labute approximate surface area is 190 Å². The van der Waals surface area contributed by atoms with E-state index in [9.17, 15) is 9.90 Å². The minimum Gasteiger partial charge on any atom is -0.507 e. The summed E-state index contributed by atoms with van der Waals surface area (Å²) in [5, 5.41) is 18.7. The molecule has 0 atom stereocenters. The molecule has 1 fully saturated rings. The molecule has 2 aromatic carbocycles. The number of furan rings is 1. The second kappa shape index (κ2) is 9.98. The lowest BCUT2D eigenvalue weighted by Gasteiger charge is -2.12. The fourth-order valence-corrected chi connectivity index (χ4v) is 4.06. The normalized spacial score (nSPS) is 17.2. The smallest absolute Gasteiger partial charge is 0.267 e. The van der Waals surface area contributed by atoms with E-state index < -0.39 is 0 Å². The summed E-state index contributed by atoms with van der Waals surface area (Å²) in [5.74, 6) is 0.596. The number of para-hydroxylation sites is 1. The molecule has 4 rings (SSSR count). The third kappa shape index (κ3) is 5.25. The van der Waals surface area contributed by atoms with Gasteiger partial charge < -0.3 is 9.52 Å². The van der Waals surface area contributed by atoms with Crippen molar-refractivity contribution in [3.63, 3.8) is 0 Å². The number of phenols is 1. The van der Waals surface area contributed by atoms with Crippen LogP contribution in [0, 0.1) is 0 Å². The lowest BCUT2D eigenvalue weighted by atomic mass is 10.1. The van der Waals surface area contributed by atoms with Crippen molar-refractivity contribution >= 4 is 35.1 Å². The van der Waals surface area contributed by atoms with Crippen molar-refractivity contribution in [3.8, 4) is 5.75 Å². The van der Waals surface area contributed by atoms with Crippen LogP contribution in [0.1, 0.15) is 23.8 Å². The van der Waals surface area contributed by atoms with Gasteiger partial charge in [-0.3, -0.25) is 9.69 Å². The van der Waals surface area contributed by atoms with E-state index in [0.29, 0.717) is 21.4 Å². The highest BCUT2D eigenvalue weighted by atomic mass is 32.2. The maximum Gasteiger partial charge on any atom is 0.267 e. The lowest BCUT2D eigenvalue weighted by Crippen LogP contribution is -2.28. The summed E-state index contributed by atoms with van der Waals surface area (Å²) in [6.45, 7) is 2.21. The van der Waals surface area contributed by atoms with Gasteiger partial charge in [-0.2, -0.15) is 5.10 Å². The van der Waals surface area contributed by atoms with Crippen molar-refractivity contribution in [1.29, 1.82) is 0 Å². The predicted molar refractivity (Wildman–Crippen MR) is 128 cm³/mol. The molecule has 1 aliphatic heterocycles. The molecule has 2 heterocycles. The molecule has 0 radical (unpaired) electrons. The number of allylic oxidation sites excluding steroid dienone is 2. The third-order valence-electron chi connectivity index (χ3n) is 4.61. The number of carbonyl (C=O) groups excluding carboxylic acids is 1. The molecule has 1 aromatic heterocycles. The molecule has 160 valence electrons. The van der Waals surface area contributed by atoms with Crippen LogP contribution < -0.4 is 0 Å². The summed E-state index contributed by atoms with van der Waals surface area (Å²) in [5.41, 5.74) is 2.55. The molecule has 6 nitrogen and oxygen atoms in total. The Balaban J connectivity index is 1.61. The minimum atomic E-state index is -0.163. The average molecular weight is 444 g/mol. The maximum absolute atomic E-state index is 13.1. The molecule has 0 aliphatic carbocycles. The molecule has 0 spiro atoms. The van der Waals surface area contributed by atoms with Gasteiger partial charge in [0.2, 0.25) is 0 Å². The number of amides is 1. The molecule has 1 amide bonds. The van der Waals surface area contributed by atoms with Crippen molar-refractivity contribution in [2.75, 3.05) is 0 Å². The van der Waals surface area contributed by atoms with Gasteiger partial charge in [-0.25, -0.2) is 0 Å². The first-order valence-electron chi connectivity index (χ1n) is 9.96. The topological polar surface area (TPSA) is 78.4 Å². The maximum atomic E-state index is 13.1. The number of rotatable bonds is 6.